The smallest absolute Gasteiger partial charge is 0.253 e. The van der Waals surface area contributed by atoms with Crippen molar-refractivity contribution in [3.63, 3.8) is 0 Å². The number of carbonyl (C=O) groups is 1. The molecule has 0 fully saturated rings. The van der Waals surface area contributed by atoms with E-state index in [9.17, 15) is 4.79 Å². The Morgan fingerprint density at radius 1 is 1.03 bits per heavy atom. The summed E-state index contributed by atoms with van der Waals surface area (Å²) >= 11 is 0. The highest BCUT2D eigenvalue weighted by Gasteiger charge is 2.08. The van der Waals surface area contributed by atoms with Gasteiger partial charge in [-0.2, -0.15) is 0 Å². The molecule has 0 atom stereocenters. The monoisotopic (exact) mass is 537 g/mol. The molecule has 2 N–H and O–H groups in total. The lowest BCUT2D eigenvalue weighted by Crippen LogP contribution is -2.38. The predicted molar refractivity (Wildman–Crippen MR) is 142 cm³/mol. The second-order valence-corrected chi connectivity index (χ2v) is 7.78. The molecule has 170 valence electrons. The van der Waals surface area contributed by atoms with Crippen molar-refractivity contribution in [2.75, 3.05) is 46.2 Å². The number of anilines is 1. The van der Waals surface area contributed by atoms with Crippen molar-refractivity contribution in [2.45, 2.75) is 26.8 Å². The first-order valence-electron chi connectivity index (χ1n) is 10.4. The summed E-state index contributed by atoms with van der Waals surface area (Å²) in [5.74, 6) is 0.824. The number of hydrogen-bond donors (Lipinski definition) is 2. The Bertz CT molecular complexity index is 880. The van der Waals surface area contributed by atoms with Gasteiger partial charge in [-0.3, -0.25) is 4.79 Å². The molecule has 6 nitrogen and oxygen atoms in total. The third-order valence-corrected chi connectivity index (χ3v) is 4.88. The lowest BCUT2D eigenvalue weighted by Gasteiger charge is -2.15. The van der Waals surface area contributed by atoms with Gasteiger partial charge in [-0.1, -0.05) is 18.2 Å². The maximum Gasteiger partial charge on any atom is 0.253 e. The highest BCUT2D eigenvalue weighted by Crippen LogP contribution is 2.18. The average molecular weight is 537 g/mol. The second-order valence-electron chi connectivity index (χ2n) is 7.78. The molecule has 0 spiro atoms. The largest absolute Gasteiger partial charge is 0.378 e. The third kappa shape index (κ3) is 8.40. The van der Waals surface area contributed by atoms with Crippen LogP contribution in [0.4, 0.5) is 5.69 Å². The minimum absolute atomic E-state index is 0. The van der Waals surface area contributed by atoms with Crippen LogP contribution in [0.3, 0.4) is 0 Å². The molecule has 0 aliphatic carbocycles. The summed E-state index contributed by atoms with van der Waals surface area (Å²) in [5.41, 5.74) is 5.49. The maximum absolute atomic E-state index is 12.1. The van der Waals surface area contributed by atoms with E-state index in [-0.39, 0.29) is 29.9 Å². The molecule has 2 aromatic carbocycles. The Morgan fingerprint density at radius 3 is 2.39 bits per heavy atom. The van der Waals surface area contributed by atoms with Crippen LogP contribution in [0.2, 0.25) is 0 Å². The van der Waals surface area contributed by atoms with Gasteiger partial charge in [-0.25, -0.2) is 4.99 Å². The number of hydrogen-bond acceptors (Lipinski definition) is 3. The standard InChI is InChI=1S/C24H35N5O.HI/c1-7-25-24(27-17-21-11-12-22(28(3)4)15-18(21)2)26-14-13-19-9-8-10-20(16-19)23(30)29(5)6;/h8-12,15-16H,7,13-14,17H2,1-6H3,(H2,25,26,27);1H. The van der Waals surface area contributed by atoms with Crippen molar-refractivity contribution in [3.05, 3.63) is 64.7 Å². The number of carbonyl (C=O) groups excluding carboxylic acids is 1. The lowest BCUT2D eigenvalue weighted by molar-refractivity contribution is 0.0827. The summed E-state index contributed by atoms with van der Waals surface area (Å²) in [4.78, 5) is 20.6. The number of nitrogens with one attached hydrogen (secondary N) is 2. The number of guanidine groups is 1. The fourth-order valence-corrected chi connectivity index (χ4v) is 3.08. The van der Waals surface area contributed by atoms with Crippen LogP contribution in [0.15, 0.2) is 47.5 Å². The molecule has 0 bridgehead atoms. The molecule has 7 heteroatoms. The first kappa shape index (κ1) is 26.7. The van der Waals surface area contributed by atoms with E-state index in [4.69, 9.17) is 4.99 Å². The zero-order chi connectivity index (χ0) is 22.1. The fraction of sp³-hybridized carbons (Fsp3) is 0.417. The molecule has 0 aliphatic heterocycles. The van der Waals surface area contributed by atoms with Crippen LogP contribution < -0.4 is 15.5 Å². The Labute approximate surface area is 204 Å². The number of rotatable bonds is 8. The molecule has 0 saturated heterocycles. The molecule has 0 unspecified atom stereocenters. The maximum atomic E-state index is 12.1. The van der Waals surface area contributed by atoms with Crippen LogP contribution in [-0.2, 0) is 13.0 Å². The number of aryl methyl sites for hydroxylation is 1. The molecule has 1 amide bonds. The first-order chi connectivity index (χ1) is 14.3. The van der Waals surface area contributed by atoms with Gasteiger partial charge in [-0.15, -0.1) is 24.0 Å². The van der Waals surface area contributed by atoms with Crippen LogP contribution in [0.1, 0.15) is 34.0 Å². The van der Waals surface area contributed by atoms with E-state index in [1.807, 2.05) is 38.4 Å². The minimum atomic E-state index is 0. The normalized spacial score (nSPS) is 10.8. The Hall–Kier alpha value is -2.29. The number of nitrogens with zero attached hydrogens (tertiary/aromatic N) is 3. The Kier molecular flexibility index (Phi) is 11.4. The van der Waals surface area contributed by atoms with Crippen LogP contribution in [-0.4, -0.2) is 58.0 Å². The van der Waals surface area contributed by atoms with E-state index in [0.29, 0.717) is 6.54 Å². The van der Waals surface area contributed by atoms with Crippen LogP contribution in [0.25, 0.3) is 0 Å². The molecule has 2 aromatic rings. The molecule has 0 radical (unpaired) electrons. The van der Waals surface area contributed by atoms with Gasteiger partial charge in [-0.05, 0) is 61.2 Å². The predicted octanol–water partition coefficient (Wildman–Crippen LogP) is 3.68. The van der Waals surface area contributed by atoms with E-state index >= 15 is 0 Å². The van der Waals surface area contributed by atoms with Crippen molar-refractivity contribution in [1.82, 2.24) is 15.5 Å². The van der Waals surface area contributed by atoms with Gasteiger partial charge in [0.05, 0.1) is 6.54 Å². The van der Waals surface area contributed by atoms with Crippen molar-refractivity contribution in [2.24, 2.45) is 4.99 Å². The zero-order valence-electron chi connectivity index (χ0n) is 19.5. The molecular weight excluding hydrogens is 501 g/mol. The van der Waals surface area contributed by atoms with Crippen molar-refractivity contribution >= 4 is 41.5 Å². The van der Waals surface area contributed by atoms with Gasteiger partial charge in [0.25, 0.3) is 5.91 Å². The second kappa shape index (κ2) is 13.2. The van der Waals surface area contributed by atoms with Crippen LogP contribution in [0, 0.1) is 6.92 Å². The van der Waals surface area contributed by atoms with Gasteiger partial charge >= 0.3 is 0 Å². The lowest BCUT2D eigenvalue weighted by atomic mass is 10.1. The molecule has 31 heavy (non-hydrogen) atoms. The van der Waals surface area contributed by atoms with Gasteiger partial charge in [0.2, 0.25) is 0 Å². The Morgan fingerprint density at radius 2 is 1.77 bits per heavy atom. The SMILES string of the molecule is CCNC(=NCc1ccc(N(C)C)cc1C)NCCc1cccc(C(=O)N(C)C)c1.I. The van der Waals surface area contributed by atoms with Gasteiger partial charge in [0.15, 0.2) is 5.96 Å². The van der Waals surface area contributed by atoms with E-state index < -0.39 is 0 Å². The third-order valence-electron chi connectivity index (χ3n) is 4.88. The van der Waals surface area contributed by atoms with Crippen LogP contribution >= 0.6 is 24.0 Å². The van der Waals surface area contributed by atoms with Gasteiger partial charge < -0.3 is 20.4 Å². The van der Waals surface area contributed by atoms with Crippen molar-refractivity contribution in [1.29, 1.82) is 0 Å². The van der Waals surface area contributed by atoms with Crippen molar-refractivity contribution in [3.8, 4) is 0 Å². The van der Waals surface area contributed by atoms with E-state index in [2.05, 4.69) is 47.6 Å². The molecule has 2 rings (SSSR count). The first-order valence-corrected chi connectivity index (χ1v) is 10.4. The topological polar surface area (TPSA) is 60.0 Å². The van der Waals surface area contributed by atoms with Crippen molar-refractivity contribution < 1.29 is 4.79 Å². The quantitative estimate of drug-likeness (QED) is 0.307. The molecule has 0 saturated carbocycles. The average Bonchev–Trinajstić information content (AvgIpc) is 2.72. The number of amides is 1. The summed E-state index contributed by atoms with van der Waals surface area (Å²) in [6.07, 6.45) is 0.815. The summed E-state index contributed by atoms with van der Waals surface area (Å²) in [5, 5.41) is 6.70. The van der Waals surface area contributed by atoms with Gasteiger partial charge in [0.1, 0.15) is 0 Å². The highest BCUT2D eigenvalue weighted by atomic mass is 127. The number of halogens is 1. The summed E-state index contributed by atoms with van der Waals surface area (Å²) in [6, 6.07) is 14.3. The Balaban J connectivity index is 0.00000480. The zero-order valence-corrected chi connectivity index (χ0v) is 21.9. The summed E-state index contributed by atoms with van der Waals surface area (Å²) in [6.45, 7) is 6.35. The van der Waals surface area contributed by atoms with E-state index in [1.165, 1.54) is 16.8 Å². The molecule has 0 heterocycles. The number of benzene rings is 2. The summed E-state index contributed by atoms with van der Waals surface area (Å²) in [7, 11) is 7.63. The van der Waals surface area contributed by atoms with Crippen LogP contribution in [0.5, 0.6) is 0 Å². The fourth-order valence-electron chi connectivity index (χ4n) is 3.08. The molecule has 0 aliphatic rings. The minimum Gasteiger partial charge on any atom is -0.378 e. The number of aliphatic imine (C=N–C) groups is 1. The van der Waals surface area contributed by atoms with E-state index in [1.54, 1.807) is 19.0 Å². The van der Waals surface area contributed by atoms with Gasteiger partial charge in [0, 0.05) is 52.5 Å². The molecular formula is C24H36IN5O. The van der Waals surface area contributed by atoms with E-state index in [0.717, 1.165) is 36.6 Å². The summed E-state index contributed by atoms with van der Waals surface area (Å²) < 4.78 is 0. The highest BCUT2D eigenvalue weighted by molar-refractivity contribution is 14.0. The molecule has 0 aromatic heterocycles.